The summed E-state index contributed by atoms with van der Waals surface area (Å²) in [6, 6.07) is 13.9. The lowest BCUT2D eigenvalue weighted by atomic mass is 9.99. The summed E-state index contributed by atoms with van der Waals surface area (Å²) in [4.78, 5) is 10.7. The number of benzene rings is 2. The van der Waals surface area contributed by atoms with E-state index in [9.17, 15) is 23.1 Å². The van der Waals surface area contributed by atoms with Crippen LogP contribution < -0.4 is 0 Å². The molecule has 0 heterocycles. The van der Waals surface area contributed by atoms with Gasteiger partial charge >= 0.3 is 0 Å². The molecule has 2 rings (SSSR count). The lowest BCUT2D eigenvalue weighted by molar-refractivity contribution is -0.529. The number of nitrogens with zero attached hydrogens (tertiary/aromatic N) is 1. The lowest BCUT2D eigenvalue weighted by Crippen LogP contribution is -2.26. The predicted molar refractivity (Wildman–Crippen MR) is 76.9 cm³/mol. The zero-order valence-corrected chi connectivity index (χ0v) is 11.7. The van der Waals surface area contributed by atoms with E-state index in [-0.39, 0.29) is 11.1 Å². The molecular formula is C14H13NO5S. The molecule has 2 unspecified atom stereocenters. The van der Waals surface area contributed by atoms with Gasteiger partial charge in [0.05, 0.1) is 0 Å². The highest BCUT2D eigenvalue weighted by Gasteiger charge is 2.43. The smallest absolute Gasteiger partial charge is 0.279 e. The van der Waals surface area contributed by atoms with Gasteiger partial charge in [-0.2, -0.15) is 8.42 Å². The Kier molecular flexibility index (Phi) is 4.35. The van der Waals surface area contributed by atoms with Gasteiger partial charge in [-0.05, 0) is 5.56 Å². The van der Waals surface area contributed by atoms with Gasteiger partial charge in [-0.1, -0.05) is 60.7 Å². The van der Waals surface area contributed by atoms with Crippen LogP contribution in [0.4, 0.5) is 0 Å². The molecular weight excluding hydrogens is 294 g/mol. The van der Waals surface area contributed by atoms with Crippen LogP contribution in [0.2, 0.25) is 0 Å². The Balaban J connectivity index is 2.61. The van der Waals surface area contributed by atoms with Crippen LogP contribution in [0.1, 0.15) is 22.4 Å². The minimum Gasteiger partial charge on any atom is -0.285 e. The molecule has 0 aliphatic heterocycles. The number of hydrogen-bond acceptors (Lipinski definition) is 4. The highest BCUT2D eigenvalue weighted by molar-refractivity contribution is 7.86. The van der Waals surface area contributed by atoms with Crippen molar-refractivity contribution in [1.82, 2.24) is 0 Å². The standard InChI is InChI=1S/C14H13NO5S/c16-15(17)13(11-7-3-1-4-8-11)14(21(18,19)20)12-9-5-2-6-10-12/h1-10,13-14H,(H,18,19,20). The topological polar surface area (TPSA) is 97.5 Å². The van der Waals surface area contributed by atoms with Gasteiger partial charge in [-0.25, -0.2) is 0 Å². The monoisotopic (exact) mass is 307 g/mol. The quantitative estimate of drug-likeness (QED) is 0.520. The Morgan fingerprint density at radius 1 is 0.905 bits per heavy atom. The van der Waals surface area contributed by atoms with Crippen LogP contribution in [-0.2, 0) is 10.1 Å². The molecule has 0 fully saturated rings. The molecule has 110 valence electrons. The molecule has 7 heteroatoms. The van der Waals surface area contributed by atoms with Crippen LogP contribution in [0.25, 0.3) is 0 Å². The molecule has 21 heavy (non-hydrogen) atoms. The van der Waals surface area contributed by atoms with Gasteiger partial charge in [0.25, 0.3) is 16.2 Å². The summed E-state index contributed by atoms with van der Waals surface area (Å²) in [5, 5.41) is 9.73. The van der Waals surface area contributed by atoms with Gasteiger partial charge in [0.1, 0.15) is 0 Å². The number of rotatable bonds is 5. The minimum absolute atomic E-state index is 0.172. The first-order chi connectivity index (χ1) is 9.91. The molecule has 2 aromatic carbocycles. The molecule has 0 aromatic heterocycles. The molecule has 0 saturated heterocycles. The number of nitro groups is 1. The predicted octanol–water partition coefficient (Wildman–Crippen LogP) is 2.63. The summed E-state index contributed by atoms with van der Waals surface area (Å²) in [6.45, 7) is 0. The first-order valence-electron chi connectivity index (χ1n) is 6.11. The summed E-state index contributed by atoms with van der Waals surface area (Å²) in [5.41, 5.74) is 0.388. The maximum Gasteiger partial charge on any atom is 0.279 e. The second kappa shape index (κ2) is 6.02. The van der Waals surface area contributed by atoms with Crippen LogP contribution in [0, 0.1) is 10.1 Å². The van der Waals surface area contributed by atoms with E-state index in [0.717, 1.165) is 0 Å². The number of hydrogen-bond donors (Lipinski definition) is 1. The molecule has 2 aromatic rings. The van der Waals surface area contributed by atoms with Crippen molar-refractivity contribution in [2.45, 2.75) is 11.3 Å². The van der Waals surface area contributed by atoms with E-state index >= 15 is 0 Å². The summed E-state index contributed by atoms with van der Waals surface area (Å²) >= 11 is 0. The Morgan fingerprint density at radius 3 is 1.71 bits per heavy atom. The SMILES string of the molecule is O=[N+]([O-])C(c1ccccc1)C(c1ccccc1)S(=O)(=O)O. The van der Waals surface area contributed by atoms with Gasteiger partial charge in [0.15, 0.2) is 5.25 Å². The Bertz CT molecular complexity index is 716. The molecule has 0 saturated carbocycles. The molecule has 0 aliphatic carbocycles. The minimum atomic E-state index is -4.65. The highest BCUT2D eigenvalue weighted by atomic mass is 32.2. The van der Waals surface area contributed by atoms with E-state index in [1.165, 1.54) is 24.3 Å². The average Bonchev–Trinajstić information content (AvgIpc) is 2.44. The van der Waals surface area contributed by atoms with E-state index in [0.29, 0.717) is 0 Å². The summed E-state index contributed by atoms with van der Waals surface area (Å²) in [5.74, 6) is 0. The van der Waals surface area contributed by atoms with E-state index in [1.807, 2.05) is 0 Å². The normalized spacial score (nSPS) is 14.3. The van der Waals surface area contributed by atoms with Crippen molar-refractivity contribution in [2.75, 3.05) is 0 Å². The van der Waals surface area contributed by atoms with Crippen molar-refractivity contribution in [1.29, 1.82) is 0 Å². The molecule has 2 atom stereocenters. The average molecular weight is 307 g/mol. The maximum absolute atomic E-state index is 11.7. The van der Waals surface area contributed by atoms with Crippen LogP contribution in [0.15, 0.2) is 60.7 Å². The second-order valence-electron chi connectivity index (χ2n) is 4.49. The molecule has 1 N–H and O–H groups in total. The fourth-order valence-electron chi connectivity index (χ4n) is 2.22. The van der Waals surface area contributed by atoms with E-state index in [4.69, 9.17) is 0 Å². The summed E-state index contributed by atoms with van der Waals surface area (Å²) in [7, 11) is -4.65. The maximum atomic E-state index is 11.7. The first-order valence-corrected chi connectivity index (χ1v) is 7.61. The third kappa shape index (κ3) is 3.45. The van der Waals surface area contributed by atoms with Crippen molar-refractivity contribution in [3.63, 3.8) is 0 Å². The molecule has 0 radical (unpaired) electrons. The zero-order chi connectivity index (χ0) is 15.5. The zero-order valence-electron chi connectivity index (χ0n) is 10.9. The van der Waals surface area contributed by atoms with Gasteiger partial charge in [-0.15, -0.1) is 0 Å². The van der Waals surface area contributed by atoms with Gasteiger partial charge in [0.2, 0.25) is 0 Å². The van der Waals surface area contributed by atoms with Gasteiger partial charge in [0, 0.05) is 10.5 Å². The van der Waals surface area contributed by atoms with Gasteiger partial charge < -0.3 is 0 Å². The third-order valence-electron chi connectivity index (χ3n) is 3.10. The molecule has 6 nitrogen and oxygen atoms in total. The Morgan fingerprint density at radius 2 is 1.33 bits per heavy atom. The van der Waals surface area contributed by atoms with Crippen molar-refractivity contribution >= 4 is 10.1 Å². The van der Waals surface area contributed by atoms with Crippen molar-refractivity contribution in [3.8, 4) is 0 Å². The van der Waals surface area contributed by atoms with Crippen molar-refractivity contribution < 1.29 is 17.9 Å². The second-order valence-corrected chi connectivity index (χ2v) is 6.02. The first kappa shape index (κ1) is 15.1. The molecule has 0 aliphatic rings. The van der Waals surface area contributed by atoms with E-state index < -0.39 is 26.3 Å². The Labute approximate surface area is 121 Å². The van der Waals surface area contributed by atoms with Crippen molar-refractivity contribution in [3.05, 3.63) is 81.9 Å². The Hall–Kier alpha value is -2.25. The molecule has 0 amide bonds. The molecule has 0 spiro atoms. The largest absolute Gasteiger partial charge is 0.285 e. The lowest BCUT2D eigenvalue weighted by Gasteiger charge is -2.19. The van der Waals surface area contributed by atoms with Crippen LogP contribution >= 0.6 is 0 Å². The summed E-state index contributed by atoms with van der Waals surface area (Å²) < 4.78 is 32.9. The van der Waals surface area contributed by atoms with Gasteiger partial charge in [-0.3, -0.25) is 14.7 Å². The van der Waals surface area contributed by atoms with E-state index in [2.05, 4.69) is 0 Å². The van der Waals surface area contributed by atoms with Crippen LogP contribution in [0.3, 0.4) is 0 Å². The summed E-state index contributed by atoms with van der Waals surface area (Å²) in [6.07, 6.45) is 0. The fraction of sp³-hybridized carbons (Fsp3) is 0.143. The molecule has 0 bridgehead atoms. The fourth-order valence-corrected chi connectivity index (χ4v) is 3.30. The van der Waals surface area contributed by atoms with Crippen LogP contribution in [-0.4, -0.2) is 17.9 Å². The van der Waals surface area contributed by atoms with Crippen LogP contribution in [0.5, 0.6) is 0 Å². The third-order valence-corrected chi connectivity index (χ3v) is 4.28. The van der Waals surface area contributed by atoms with Crippen molar-refractivity contribution in [2.24, 2.45) is 0 Å². The van der Waals surface area contributed by atoms with E-state index in [1.54, 1.807) is 36.4 Å². The highest BCUT2D eigenvalue weighted by Crippen LogP contribution is 2.37.